The minimum Gasteiger partial charge on any atom is -0.369 e. The van der Waals surface area contributed by atoms with E-state index in [-0.39, 0.29) is 17.7 Å². The van der Waals surface area contributed by atoms with Gasteiger partial charge in [-0.25, -0.2) is 0 Å². The fraction of sp³-hybridized carbons (Fsp3) is 0.579. The third-order valence-electron chi connectivity index (χ3n) is 4.77. The van der Waals surface area contributed by atoms with Crippen molar-refractivity contribution in [1.82, 2.24) is 10.2 Å². The monoisotopic (exact) mass is 331 g/mol. The Bertz CT molecular complexity index is 560. The van der Waals surface area contributed by atoms with Gasteiger partial charge in [0.1, 0.15) is 0 Å². The molecule has 1 aromatic rings. The number of piperazine rings is 1. The number of carbonyl (C=O) groups excluding carboxylic acids is 2. The Hall–Kier alpha value is -1.88. The highest BCUT2D eigenvalue weighted by molar-refractivity contribution is 5.94. The van der Waals surface area contributed by atoms with E-state index in [0.717, 1.165) is 37.4 Å². The predicted octanol–water partition coefficient (Wildman–Crippen LogP) is 2.17. The average Bonchev–Trinajstić information content (AvgIpc) is 2.55. The van der Waals surface area contributed by atoms with Gasteiger partial charge in [-0.3, -0.25) is 14.5 Å². The van der Waals surface area contributed by atoms with Crippen LogP contribution in [-0.2, 0) is 4.79 Å². The van der Waals surface area contributed by atoms with Gasteiger partial charge in [-0.1, -0.05) is 13.8 Å². The van der Waals surface area contributed by atoms with E-state index in [0.29, 0.717) is 12.5 Å². The maximum Gasteiger partial charge on any atom is 0.234 e. The summed E-state index contributed by atoms with van der Waals surface area (Å²) in [6.45, 7) is 11.9. The molecule has 1 saturated heterocycles. The summed E-state index contributed by atoms with van der Waals surface area (Å²) in [4.78, 5) is 27.9. The van der Waals surface area contributed by atoms with Gasteiger partial charge in [0.15, 0.2) is 5.78 Å². The fourth-order valence-electron chi connectivity index (χ4n) is 2.74. The van der Waals surface area contributed by atoms with Crippen LogP contribution in [0.5, 0.6) is 0 Å². The molecule has 0 saturated carbocycles. The molecule has 0 bridgehead atoms. The number of nitrogens with zero attached hydrogens (tertiary/aromatic N) is 2. The van der Waals surface area contributed by atoms with Gasteiger partial charge in [-0.05, 0) is 44.0 Å². The Morgan fingerprint density at radius 2 is 1.62 bits per heavy atom. The molecule has 1 N–H and O–H groups in total. The second-order valence-corrected chi connectivity index (χ2v) is 6.97. The van der Waals surface area contributed by atoms with Gasteiger partial charge >= 0.3 is 0 Å². The molecule has 1 heterocycles. The summed E-state index contributed by atoms with van der Waals surface area (Å²) in [5, 5.41) is 3.06. The molecule has 1 atom stereocenters. The molecular formula is C19H29N3O2. The summed E-state index contributed by atoms with van der Waals surface area (Å²) >= 11 is 0. The van der Waals surface area contributed by atoms with E-state index in [4.69, 9.17) is 0 Å². The number of hydrogen-bond donors (Lipinski definition) is 1. The van der Waals surface area contributed by atoms with Crippen LogP contribution in [0.3, 0.4) is 0 Å². The Labute approximate surface area is 145 Å². The molecule has 0 radical (unpaired) electrons. The van der Waals surface area contributed by atoms with Gasteiger partial charge < -0.3 is 10.2 Å². The summed E-state index contributed by atoms with van der Waals surface area (Å²) in [5.74, 6) is 0.646. The van der Waals surface area contributed by atoms with Gasteiger partial charge in [0.25, 0.3) is 0 Å². The standard InChI is InChI=1S/C19H29N3O2/c1-14(2)15(3)20-19(24)13-21-9-11-22(12-10-21)18-7-5-17(6-8-18)16(4)23/h5-8,14-15H,9-13H2,1-4H3,(H,20,24). The molecule has 2 rings (SSSR count). The lowest BCUT2D eigenvalue weighted by Gasteiger charge is -2.36. The summed E-state index contributed by atoms with van der Waals surface area (Å²) < 4.78 is 0. The third-order valence-corrected chi connectivity index (χ3v) is 4.77. The van der Waals surface area contributed by atoms with Crippen molar-refractivity contribution in [2.45, 2.75) is 33.7 Å². The zero-order chi connectivity index (χ0) is 17.7. The fourth-order valence-corrected chi connectivity index (χ4v) is 2.74. The molecule has 5 heteroatoms. The lowest BCUT2D eigenvalue weighted by atomic mass is 10.1. The second kappa shape index (κ2) is 8.29. The zero-order valence-corrected chi connectivity index (χ0v) is 15.2. The Morgan fingerprint density at radius 3 is 2.12 bits per heavy atom. The minimum absolute atomic E-state index is 0.0907. The average molecular weight is 331 g/mol. The molecule has 132 valence electrons. The maximum atomic E-state index is 12.1. The summed E-state index contributed by atoms with van der Waals surface area (Å²) in [6.07, 6.45) is 0. The van der Waals surface area contributed by atoms with Gasteiger partial charge in [0.2, 0.25) is 5.91 Å². The zero-order valence-electron chi connectivity index (χ0n) is 15.2. The van der Waals surface area contributed by atoms with Crippen molar-refractivity contribution in [3.63, 3.8) is 0 Å². The molecule has 1 amide bonds. The molecule has 0 aliphatic carbocycles. The van der Waals surface area contributed by atoms with Crippen LogP contribution >= 0.6 is 0 Å². The van der Waals surface area contributed by atoms with Crippen LogP contribution in [0, 0.1) is 5.92 Å². The summed E-state index contributed by atoms with van der Waals surface area (Å²) in [7, 11) is 0. The topological polar surface area (TPSA) is 52.7 Å². The first-order valence-electron chi connectivity index (χ1n) is 8.74. The van der Waals surface area contributed by atoms with Crippen LogP contribution in [0.2, 0.25) is 0 Å². The van der Waals surface area contributed by atoms with Crippen molar-refractivity contribution >= 4 is 17.4 Å². The maximum absolute atomic E-state index is 12.1. The highest BCUT2D eigenvalue weighted by Crippen LogP contribution is 2.17. The quantitative estimate of drug-likeness (QED) is 0.812. The SMILES string of the molecule is CC(=O)c1ccc(N2CCN(CC(=O)NC(C)C(C)C)CC2)cc1. The molecule has 0 spiro atoms. The van der Waals surface area contributed by atoms with Crippen molar-refractivity contribution in [3.05, 3.63) is 29.8 Å². The number of benzene rings is 1. The Kier molecular flexibility index (Phi) is 6.37. The van der Waals surface area contributed by atoms with Crippen LogP contribution in [-0.4, -0.2) is 55.4 Å². The number of rotatable bonds is 6. The van der Waals surface area contributed by atoms with Crippen molar-refractivity contribution in [1.29, 1.82) is 0 Å². The van der Waals surface area contributed by atoms with Gasteiger partial charge in [-0.2, -0.15) is 0 Å². The second-order valence-electron chi connectivity index (χ2n) is 6.97. The number of Topliss-reactive ketones (excluding diaryl/α,β-unsaturated/α-hetero) is 1. The molecule has 1 aromatic carbocycles. The molecule has 1 unspecified atom stereocenters. The van der Waals surface area contributed by atoms with Crippen molar-refractivity contribution in [3.8, 4) is 0 Å². The lowest BCUT2D eigenvalue weighted by molar-refractivity contribution is -0.123. The van der Waals surface area contributed by atoms with Crippen molar-refractivity contribution < 1.29 is 9.59 Å². The van der Waals surface area contributed by atoms with E-state index in [1.807, 2.05) is 31.2 Å². The molecule has 1 aliphatic rings. The van der Waals surface area contributed by atoms with Gasteiger partial charge in [0, 0.05) is 43.5 Å². The highest BCUT2D eigenvalue weighted by Gasteiger charge is 2.20. The van der Waals surface area contributed by atoms with Crippen LogP contribution < -0.4 is 10.2 Å². The molecule has 1 fully saturated rings. The molecule has 0 aromatic heterocycles. The number of nitrogens with one attached hydrogen (secondary N) is 1. The number of ketones is 1. The number of amides is 1. The van der Waals surface area contributed by atoms with Gasteiger partial charge in [0.05, 0.1) is 6.54 Å². The van der Waals surface area contributed by atoms with Crippen molar-refractivity contribution in [2.24, 2.45) is 5.92 Å². The van der Waals surface area contributed by atoms with E-state index in [9.17, 15) is 9.59 Å². The first-order chi connectivity index (χ1) is 11.4. The number of carbonyl (C=O) groups is 2. The van der Waals surface area contributed by atoms with Crippen LogP contribution in [0.4, 0.5) is 5.69 Å². The van der Waals surface area contributed by atoms with Gasteiger partial charge in [-0.15, -0.1) is 0 Å². The molecule has 5 nitrogen and oxygen atoms in total. The van der Waals surface area contributed by atoms with Crippen LogP contribution in [0.25, 0.3) is 0 Å². The van der Waals surface area contributed by atoms with E-state index in [2.05, 4.69) is 29.0 Å². The van der Waals surface area contributed by atoms with Crippen LogP contribution in [0.15, 0.2) is 24.3 Å². The molecule has 24 heavy (non-hydrogen) atoms. The van der Waals surface area contributed by atoms with Crippen molar-refractivity contribution in [2.75, 3.05) is 37.6 Å². The van der Waals surface area contributed by atoms with E-state index in [1.165, 1.54) is 0 Å². The number of hydrogen-bond acceptors (Lipinski definition) is 4. The predicted molar refractivity (Wildman–Crippen MR) is 97.5 cm³/mol. The minimum atomic E-state index is 0.0907. The van der Waals surface area contributed by atoms with E-state index >= 15 is 0 Å². The summed E-state index contributed by atoms with van der Waals surface area (Å²) in [6, 6.07) is 7.97. The first-order valence-corrected chi connectivity index (χ1v) is 8.74. The van der Waals surface area contributed by atoms with E-state index in [1.54, 1.807) is 6.92 Å². The smallest absolute Gasteiger partial charge is 0.234 e. The largest absolute Gasteiger partial charge is 0.369 e. The van der Waals surface area contributed by atoms with Crippen LogP contribution in [0.1, 0.15) is 38.1 Å². The number of anilines is 1. The lowest BCUT2D eigenvalue weighted by Crippen LogP contribution is -2.50. The molecule has 1 aliphatic heterocycles. The first kappa shape index (κ1) is 18.5. The highest BCUT2D eigenvalue weighted by atomic mass is 16.2. The van der Waals surface area contributed by atoms with E-state index < -0.39 is 0 Å². The normalized spacial score (nSPS) is 17.0. The molecular weight excluding hydrogens is 302 g/mol. The summed E-state index contributed by atoms with van der Waals surface area (Å²) in [5.41, 5.74) is 1.88. The Balaban J connectivity index is 1.80. The third kappa shape index (κ3) is 5.06. The Morgan fingerprint density at radius 1 is 1.04 bits per heavy atom.